The molecule has 0 spiro atoms. The van der Waals surface area contributed by atoms with Crippen LogP contribution in [0.4, 0.5) is 10.5 Å². The van der Waals surface area contributed by atoms with Crippen LogP contribution >= 0.6 is 23.4 Å². The summed E-state index contributed by atoms with van der Waals surface area (Å²) in [6.45, 7) is 1.81. The topological polar surface area (TPSA) is 50.8 Å². The van der Waals surface area contributed by atoms with Crippen molar-refractivity contribution in [3.8, 4) is 11.5 Å². The third-order valence-electron chi connectivity index (χ3n) is 4.08. The first-order valence-electron chi connectivity index (χ1n) is 8.05. The lowest BCUT2D eigenvalue weighted by molar-refractivity contribution is 0.171. The van der Waals surface area contributed by atoms with E-state index in [1.807, 2.05) is 35.2 Å². The number of ether oxygens (including phenoxy) is 2. The number of hydrogen-bond donors (Lipinski definition) is 1. The van der Waals surface area contributed by atoms with Gasteiger partial charge in [0.05, 0.1) is 0 Å². The van der Waals surface area contributed by atoms with Crippen molar-refractivity contribution in [2.75, 3.05) is 30.8 Å². The molecule has 130 valence electrons. The van der Waals surface area contributed by atoms with E-state index in [2.05, 4.69) is 5.32 Å². The predicted molar refractivity (Wildman–Crippen MR) is 99.8 cm³/mol. The number of benzene rings is 2. The van der Waals surface area contributed by atoms with Crippen LogP contribution < -0.4 is 14.8 Å². The molecule has 2 heterocycles. The summed E-state index contributed by atoms with van der Waals surface area (Å²) in [6, 6.07) is 12.9. The smallest absolute Gasteiger partial charge is 0.323 e. The number of carbonyl (C=O) groups excluding carboxylic acids is 1. The highest BCUT2D eigenvalue weighted by atomic mass is 35.5. The Morgan fingerprint density at radius 1 is 1.16 bits per heavy atom. The van der Waals surface area contributed by atoms with E-state index in [4.69, 9.17) is 21.1 Å². The highest BCUT2D eigenvalue weighted by molar-refractivity contribution is 7.99. The molecular formula is C18H17ClN2O3S. The monoisotopic (exact) mass is 376 g/mol. The molecule has 2 aromatic carbocycles. The van der Waals surface area contributed by atoms with Crippen molar-refractivity contribution in [2.24, 2.45) is 0 Å². The van der Waals surface area contributed by atoms with E-state index >= 15 is 0 Å². The van der Waals surface area contributed by atoms with Gasteiger partial charge in [0.25, 0.3) is 0 Å². The van der Waals surface area contributed by atoms with Crippen LogP contribution in [0.25, 0.3) is 0 Å². The molecule has 1 atom stereocenters. The summed E-state index contributed by atoms with van der Waals surface area (Å²) in [5.41, 5.74) is 1.73. The average molecular weight is 377 g/mol. The molecule has 0 bridgehead atoms. The van der Waals surface area contributed by atoms with Gasteiger partial charge in [-0.15, -0.1) is 11.8 Å². The van der Waals surface area contributed by atoms with Crippen LogP contribution in [0.5, 0.6) is 11.5 Å². The third-order valence-corrected chi connectivity index (χ3v) is 5.57. The van der Waals surface area contributed by atoms with Crippen molar-refractivity contribution in [1.29, 1.82) is 0 Å². The largest absolute Gasteiger partial charge is 0.486 e. The van der Waals surface area contributed by atoms with Gasteiger partial charge in [-0.1, -0.05) is 23.7 Å². The standard InChI is InChI=1S/C18H17ClN2O3S/c19-13-2-1-3-14(11-13)20-18(22)21-6-9-25-17(21)12-4-5-15-16(10-12)24-8-7-23-15/h1-5,10-11,17H,6-9H2,(H,20,22)/t17-/m0/s1. The molecule has 0 saturated carbocycles. The SMILES string of the molecule is O=C(Nc1cccc(Cl)c1)N1CCS[C@H]1c1ccc2c(c1)OCCO2. The maximum absolute atomic E-state index is 12.7. The molecule has 0 unspecified atom stereocenters. The van der Waals surface area contributed by atoms with Crippen molar-refractivity contribution in [1.82, 2.24) is 4.90 Å². The summed E-state index contributed by atoms with van der Waals surface area (Å²) in [7, 11) is 0. The van der Waals surface area contributed by atoms with Gasteiger partial charge in [0.2, 0.25) is 0 Å². The zero-order valence-electron chi connectivity index (χ0n) is 13.4. The van der Waals surface area contributed by atoms with E-state index in [0.29, 0.717) is 30.5 Å². The van der Waals surface area contributed by atoms with Gasteiger partial charge in [-0.25, -0.2) is 4.79 Å². The Kier molecular flexibility index (Phi) is 4.63. The van der Waals surface area contributed by atoms with Crippen LogP contribution in [-0.4, -0.2) is 36.4 Å². The Morgan fingerprint density at radius 3 is 2.84 bits per heavy atom. The average Bonchev–Trinajstić information content (AvgIpc) is 3.11. The van der Waals surface area contributed by atoms with Crippen LogP contribution in [-0.2, 0) is 0 Å². The first-order chi connectivity index (χ1) is 12.2. The van der Waals surface area contributed by atoms with E-state index in [0.717, 1.165) is 22.8 Å². The number of thioether (sulfide) groups is 1. The fourth-order valence-corrected chi connectivity index (χ4v) is 4.36. The van der Waals surface area contributed by atoms with E-state index in [-0.39, 0.29) is 11.4 Å². The number of urea groups is 1. The lowest BCUT2D eigenvalue weighted by atomic mass is 10.1. The Bertz CT molecular complexity index is 802. The molecule has 2 amide bonds. The van der Waals surface area contributed by atoms with Crippen LogP contribution in [0, 0.1) is 0 Å². The minimum atomic E-state index is -0.132. The fourth-order valence-electron chi connectivity index (χ4n) is 2.93. The predicted octanol–water partition coefficient (Wildman–Crippen LogP) is 4.39. The summed E-state index contributed by atoms with van der Waals surface area (Å²) in [5, 5.41) is 3.47. The van der Waals surface area contributed by atoms with Gasteiger partial charge in [0, 0.05) is 23.0 Å². The van der Waals surface area contributed by atoms with Crippen molar-refractivity contribution in [3.05, 3.63) is 53.1 Å². The fraction of sp³-hybridized carbons (Fsp3) is 0.278. The number of anilines is 1. The molecule has 4 rings (SSSR count). The number of fused-ring (bicyclic) bond motifs is 1. The minimum absolute atomic E-state index is 0.0463. The Hall–Kier alpha value is -2.05. The number of halogens is 1. The second-order valence-electron chi connectivity index (χ2n) is 5.76. The Balaban J connectivity index is 1.53. The quantitative estimate of drug-likeness (QED) is 0.844. The van der Waals surface area contributed by atoms with E-state index in [1.165, 1.54) is 0 Å². The van der Waals surface area contributed by atoms with Gasteiger partial charge in [0.15, 0.2) is 11.5 Å². The number of carbonyl (C=O) groups is 1. The van der Waals surface area contributed by atoms with Gasteiger partial charge >= 0.3 is 6.03 Å². The number of amides is 2. The molecule has 25 heavy (non-hydrogen) atoms. The molecule has 1 fully saturated rings. The van der Waals surface area contributed by atoms with Crippen molar-refractivity contribution in [2.45, 2.75) is 5.37 Å². The summed E-state index contributed by atoms with van der Waals surface area (Å²) in [4.78, 5) is 14.5. The molecular weight excluding hydrogens is 360 g/mol. The molecule has 2 aliphatic heterocycles. The lowest BCUT2D eigenvalue weighted by Crippen LogP contribution is -2.34. The first-order valence-corrected chi connectivity index (χ1v) is 9.48. The van der Waals surface area contributed by atoms with Crippen LogP contribution in [0.1, 0.15) is 10.9 Å². The van der Waals surface area contributed by atoms with E-state index in [9.17, 15) is 4.79 Å². The Morgan fingerprint density at radius 2 is 2.00 bits per heavy atom. The minimum Gasteiger partial charge on any atom is -0.486 e. The van der Waals surface area contributed by atoms with Gasteiger partial charge in [-0.3, -0.25) is 0 Å². The second-order valence-corrected chi connectivity index (χ2v) is 7.38. The third kappa shape index (κ3) is 3.50. The van der Waals surface area contributed by atoms with Gasteiger partial charge in [-0.05, 0) is 35.9 Å². The highest BCUT2D eigenvalue weighted by Crippen LogP contribution is 2.41. The number of rotatable bonds is 2. The normalized spacial score (nSPS) is 18.9. The molecule has 0 radical (unpaired) electrons. The maximum Gasteiger partial charge on any atom is 0.323 e. The van der Waals surface area contributed by atoms with Crippen LogP contribution in [0.3, 0.4) is 0 Å². The summed E-state index contributed by atoms with van der Waals surface area (Å²) < 4.78 is 11.2. The highest BCUT2D eigenvalue weighted by Gasteiger charge is 2.31. The van der Waals surface area contributed by atoms with Crippen molar-refractivity contribution in [3.63, 3.8) is 0 Å². The van der Waals surface area contributed by atoms with Crippen molar-refractivity contribution < 1.29 is 14.3 Å². The zero-order valence-corrected chi connectivity index (χ0v) is 15.0. The summed E-state index contributed by atoms with van der Waals surface area (Å²) in [5.74, 6) is 2.39. The maximum atomic E-state index is 12.7. The molecule has 1 saturated heterocycles. The number of hydrogen-bond acceptors (Lipinski definition) is 4. The first kappa shape index (κ1) is 16.4. The summed E-state index contributed by atoms with van der Waals surface area (Å²) >= 11 is 7.72. The number of nitrogens with zero attached hydrogens (tertiary/aromatic N) is 1. The van der Waals surface area contributed by atoms with E-state index < -0.39 is 0 Å². The molecule has 0 aromatic heterocycles. The molecule has 1 N–H and O–H groups in total. The van der Waals surface area contributed by atoms with Crippen molar-refractivity contribution >= 4 is 35.1 Å². The summed E-state index contributed by atoms with van der Waals surface area (Å²) in [6.07, 6.45) is 0. The van der Waals surface area contributed by atoms with Gasteiger partial charge < -0.3 is 19.7 Å². The molecule has 5 nitrogen and oxygen atoms in total. The Labute approximate surface area is 155 Å². The zero-order chi connectivity index (χ0) is 17.2. The molecule has 2 aliphatic rings. The molecule has 0 aliphatic carbocycles. The second kappa shape index (κ2) is 7.06. The molecule has 7 heteroatoms. The lowest BCUT2D eigenvalue weighted by Gasteiger charge is -2.26. The number of nitrogens with one attached hydrogen (secondary N) is 1. The van der Waals surface area contributed by atoms with Gasteiger partial charge in [0.1, 0.15) is 18.6 Å². The van der Waals surface area contributed by atoms with Crippen LogP contribution in [0.15, 0.2) is 42.5 Å². The van der Waals surface area contributed by atoms with Gasteiger partial charge in [-0.2, -0.15) is 0 Å². The van der Waals surface area contributed by atoms with E-state index in [1.54, 1.807) is 23.9 Å². The molecule has 2 aromatic rings. The van der Waals surface area contributed by atoms with Crippen LogP contribution in [0.2, 0.25) is 5.02 Å².